The van der Waals surface area contributed by atoms with E-state index in [1.165, 1.54) is 0 Å². The first-order valence-corrected chi connectivity index (χ1v) is 4.97. The van der Waals surface area contributed by atoms with E-state index in [9.17, 15) is 9.59 Å². The van der Waals surface area contributed by atoms with Crippen molar-refractivity contribution in [3.8, 4) is 0 Å². The Morgan fingerprint density at radius 3 is 2.12 bits per heavy atom. The van der Waals surface area contributed by atoms with Gasteiger partial charge in [0.05, 0.1) is 11.8 Å². The van der Waals surface area contributed by atoms with Crippen LogP contribution in [0.4, 0.5) is 0 Å². The van der Waals surface area contributed by atoms with Crippen LogP contribution in [0.15, 0.2) is 18.5 Å². The highest BCUT2D eigenvalue weighted by atomic mass is 16.1. The average molecular weight is 221 g/mol. The smallest absolute Gasteiger partial charge is 0.224 e. The molecule has 2 unspecified atom stereocenters. The molecule has 5 heteroatoms. The van der Waals surface area contributed by atoms with Crippen molar-refractivity contribution < 1.29 is 9.59 Å². The van der Waals surface area contributed by atoms with Gasteiger partial charge < -0.3 is 11.5 Å². The fraction of sp³-hybridized carbons (Fsp3) is 0.364. The zero-order valence-electron chi connectivity index (χ0n) is 9.31. The lowest BCUT2D eigenvalue weighted by Crippen LogP contribution is -2.24. The Bertz CT molecular complexity index is 378. The Labute approximate surface area is 93.8 Å². The van der Waals surface area contributed by atoms with E-state index in [0.717, 1.165) is 0 Å². The molecule has 0 aliphatic carbocycles. The third-order valence-electron chi connectivity index (χ3n) is 2.67. The van der Waals surface area contributed by atoms with Gasteiger partial charge in [0, 0.05) is 12.4 Å². The molecule has 86 valence electrons. The SMILES string of the molecule is CC(C(N)=O)c1ccncc1C(C)C(N)=O. The molecular formula is C11H15N3O2. The Balaban J connectivity index is 3.19. The molecule has 0 spiro atoms. The number of rotatable bonds is 4. The van der Waals surface area contributed by atoms with Gasteiger partial charge in [-0.05, 0) is 31.0 Å². The minimum Gasteiger partial charge on any atom is -0.369 e. The highest BCUT2D eigenvalue weighted by Gasteiger charge is 2.21. The molecule has 4 N–H and O–H groups in total. The second-order valence-electron chi connectivity index (χ2n) is 3.75. The number of aromatic nitrogens is 1. The molecule has 0 saturated heterocycles. The topological polar surface area (TPSA) is 99.1 Å². The molecule has 1 aromatic rings. The predicted octanol–water partition coefficient (Wildman–Crippen LogP) is 0.259. The lowest BCUT2D eigenvalue weighted by atomic mass is 9.90. The fourth-order valence-corrected chi connectivity index (χ4v) is 1.48. The molecule has 2 atom stereocenters. The van der Waals surface area contributed by atoms with E-state index in [2.05, 4.69) is 4.98 Å². The quantitative estimate of drug-likeness (QED) is 0.762. The summed E-state index contributed by atoms with van der Waals surface area (Å²) in [4.78, 5) is 26.2. The van der Waals surface area contributed by atoms with Crippen molar-refractivity contribution in [3.05, 3.63) is 29.6 Å². The zero-order chi connectivity index (χ0) is 12.3. The summed E-state index contributed by atoms with van der Waals surface area (Å²) in [5.74, 6) is -1.83. The highest BCUT2D eigenvalue weighted by Crippen LogP contribution is 2.25. The number of carbonyl (C=O) groups excluding carboxylic acids is 2. The number of carbonyl (C=O) groups is 2. The summed E-state index contributed by atoms with van der Waals surface area (Å²) in [6.45, 7) is 3.37. The van der Waals surface area contributed by atoms with Crippen LogP contribution in [0.1, 0.15) is 36.8 Å². The van der Waals surface area contributed by atoms with E-state index >= 15 is 0 Å². The molecule has 0 aliphatic rings. The van der Waals surface area contributed by atoms with Gasteiger partial charge in [0.1, 0.15) is 0 Å². The molecule has 1 rings (SSSR count). The van der Waals surface area contributed by atoms with Crippen LogP contribution in [0, 0.1) is 0 Å². The number of nitrogens with zero attached hydrogens (tertiary/aromatic N) is 1. The molecule has 16 heavy (non-hydrogen) atoms. The largest absolute Gasteiger partial charge is 0.369 e. The summed E-state index contributed by atoms with van der Waals surface area (Å²) < 4.78 is 0. The molecule has 1 aromatic heterocycles. The molecule has 2 amide bonds. The van der Waals surface area contributed by atoms with Crippen molar-refractivity contribution in [3.63, 3.8) is 0 Å². The third kappa shape index (κ3) is 2.36. The van der Waals surface area contributed by atoms with Crippen molar-refractivity contribution in [2.75, 3.05) is 0 Å². The van der Waals surface area contributed by atoms with E-state index in [1.807, 2.05) is 0 Å². The Morgan fingerprint density at radius 2 is 1.62 bits per heavy atom. The Morgan fingerprint density at radius 1 is 1.12 bits per heavy atom. The van der Waals surface area contributed by atoms with Crippen LogP contribution in [0.5, 0.6) is 0 Å². The van der Waals surface area contributed by atoms with E-state index in [1.54, 1.807) is 32.3 Å². The van der Waals surface area contributed by atoms with Gasteiger partial charge in [0.2, 0.25) is 11.8 Å². The maximum Gasteiger partial charge on any atom is 0.224 e. The van der Waals surface area contributed by atoms with E-state index < -0.39 is 23.7 Å². The van der Waals surface area contributed by atoms with Crippen LogP contribution >= 0.6 is 0 Å². The van der Waals surface area contributed by atoms with E-state index in [-0.39, 0.29) is 0 Å². The standard InChI is InChI=1S/C11H15N3O2/c1-6(10(12)15)8-3-4-14-5-9(8)7(2)11(13)16/h3-7H,1-2H3,(H2,12,15)(H2,13,16). The van der Waals surface area contributed by atoms with Crippen LogP contribution in [-0.4, -0.2) is 16.8 Å². The molecule has 0 aromatic carbocycles. The number of pyridine rings is 1. The van der Waals surface area contributed by atoms with Crippen molar-refractivity contribution >= 4 is 11.8 Å². The Kier molecular flexibility index (Phi) is 3.60. The molecule has 1 heterocycles. The van der Waals surface area contributed by atoms with Gasteiger partial charge in [-0.2, -0.15) is 0 Å². The average Bonchev–Trinajstić information content (AvgIpc) is 2.26. The van der Waals surface area contributed by atoms with Crippen molar-refractivity contribution in [1.29, 1.82) is 0 Å². The second kappa shape index (κ2) is 4.74. The third-order valence-corrected chi connectivity index (χ3v) is 2.67. The van der Waals surface area contributed by atoms with Crippen molar-refractivity contribution in [1.82, 2.24) is 4.98 Å². The summed E-state index contributed by atoms with van der Waals surface area (Å²) in [6.07, 6.45) is 3.11. The van der Waals surface area contributed by atoms with Gasteiger partial charge in [-0.25, -0.2) is 0 Å². The first-order chi connectivity index (χ1) is 7.45. The molecule has 0 radical (unpaired) electrons. The molecule has 0 bridgehead atoms. The van der Waals surface area contributed by atoms with Gasteiger partial charge in [-0.1, -0.05) is 0 Å². The molecule has 5 nitrogen and oxygen atoms in total. The van der Waals surface area contributed by atoms with Crippen LogP contribution in [-0.2, 0) is 9.59 Å². The van der Waals surface area contributed by atoms with Gasteiger partial charge in [0.25, 0.3) is 0 Å². The first-order valence-electron chi connectivity index (χ1n) is 4.97. The monoisotopic (exact) mass is 221 g/mol. The van der Waals surface area contributed by atoms with Crippen LogP contribution in [0.3, 0.4) is 0 Å². The number of amides is 2. The maximum atomic E-state index is 11.1. The highest BCUT2D eigenvalue weighted by molar-refractivity contribution is 5.85. The van der Waals surface area contributed by atoms with Crippen LogP contribution in [0.2, 0.25) is 0 Å². The minimum atomic E-state index is -0.481. The maximum absolute atomic E-state index is 11.1. The summed E-state index contributed by atoms with van der Waals surface area (Å²) in [5, 5.41) is 0. The van der Waals surface area contributed by atoms with Gasteiger partial charge in [-0.3, -0.25) is 14.6 Å². The first kappa shape index (κ1) is 12.2. The summed E-state index contributed by atoms with van der Waals surface area (Å²) >= 11 is 0. The van der Waals surface area contributed by atoms with Crippen LogP contribution in [0.25, 0.3) is 0 Å². The van der Waals surface area contributed by atoms with Gasteiger partial charge >= 0.3 is 0 Å². The number of hydrogen-bond acceptors (Lipinski definition) is 3. The lowest BCUT2D eigenvalue weighted by Gasteiger charge is -2.16. The van der Waals surface area contributed by atoms with Gasteiger partial charge in [-0.15, -0.1) is 0 Å². The summed E-state index contributed by atoms with van der Waals surface area (Å²) in [7, 11) is 0. The minimum absolute atomic E-state index is 0.441. The number of primary amides is 2. The van der Waals surface area contributed by atoms with Crippen LogP contribution < -0.4 is 11.5 Å². The summed E-state index contributed by atoms with van der Waals surface area (Å²) in [6, 6.07) is 1.68. The molecule has 0 fully saturated rings. The van der Waals surface area contributed by atoms with Crippen molar-refractivity contribution in [2.45, 2.75) is 25.7 Å². The number of nitrogens with two attached hydrogens (primary N) is 2. The number of hydrogen-bond donors (Lipinski definition) is 2. The lowest BCUT2D eigenvalue weighted by molar-refractivity contribution is -0.120. The zero-order valence-corrected chi connectivity index (χ0v) is 9.31. The fourth-order valence-electron chi connectivity index (χ4n) is 1.48. The van der Waals surface area contributed by atoms with E-state index in [4.69, 9.17) is 11.5 Å². The second-order valence-corrected chi connectivity index (χ2v) is 3.75. The predicted molar refractivity (Wildman–Crippen MR) is 59.5 cm³/mol. The molecule has 0 saturated carbocycles. The summed E-state index contributed by atoms with van der Waals surface area (Å²) in [5.41, 5.74) is 11.8. The molecular weight excluding hydrogens is 206 g/mol. The van der Waals surface area contributed by atoms with Gasteiger partial charge in [0.15, 0.2) is 0 Å². The normalized spacial score (nSPS) is 14.1. The Hall–Kier alpha value is -1.91. The van der Waals surface area contributed by atoms with E-state index in [0.29, 0.717) is 11.1 Å². The molecule has 0 aliphatic heterocycles. The van der Waals surface area contributed by atoms with Crippen molar-refractivity contribution in [2.24, 2.45) is 11.5 Å².